The summed E-state index contributed by atoms with van der Waals surface area (Å²) in [5.74, 6) is -0.335. The fraction of sp³-hybridized carbons (Fsp3) is 0.562. The van der Waals surface area contributed by atoms with E-state index < -0.39 is 10.0 Å². The van der Waals surface area contributed by atoms with Crippen LogP contribution in [0.3, 0.4) is 0 Å². The van der Waals surface area contributed by atoms with E-state index in [4.69, 9.17) is 16.3 Å². The minimum Gasteiger partial charge on any atom is -0.376 e. The minimum absolute atomic E-state index is 0.0279. The highest BCUT2D eigenvalue weighted by molar-refractivity contribution is 7.89. The molecule has 1 saturated heterocycles. The molecule has 0 aromatic heterocycles. The van der Waals surface area contributed by atoms with Crippen LogP contribution >= 0.6 is 11.6 Å². The van der Waals surface area contributed by atoms with Crippen molar-refractivity contribution in [3.05, 3.63) is 28.8 Å². The van der Waals surface area contributed by atoms with Gasteiger partial charge in [0.15, 0.2) is 0 Å². The molecule has 6 nitrogen and oxygen atoms in total. The van der Waals surface area contributed by atoms with Gasteiger partial charge < -0.3 is 10.1 Å². The zero-order valence-electron chi connectivity index (χ0n) is 13.9. The first kappa shape index (κ1) is 19.2. The zero-order chi connectivity index (χ0) is 17.7. The largest absolute Gasteiger partial charge is 0.376 e. The van der Waals surface area contributed by atoms with Crippen molar-refractivity contribution >= 4 is 27.5 Å². The van der Waals surface area contributed by atoms with Crippen LogP contribution in [0.1, 0.15) is 37.0 Å². The third kappa shape index (κ3) is 4.27. The van der Waals surface area contributed by atoms with Crippen LogP contribution in [-0.4, -0.2) is 51.0 Å². The average Bonchev–Trinajstić information content (AvgIpc) is 3.07. The predicted octanol–water partition coefficient (Wildman–Crippen LogP) is 2.28. The minimum atomic E-state index is -3.72. The van der Waals surface area contributed by atoms with Crippen LogP contribution in [0.25, 0.3) is 0 Å². The Morgan fingerprint density at radius 2 is 2.08 bits per heavy atom. The maximum absolute atomic E-state index is 12.6. The molecule has 1 aliphatic rings. The molecule has 1 aromatic carbocycles. The third-order valence-corrected chi connectivity index (χ3v) is 6.56. The number of halogens is 1. The molecule has 0 unspecified atom stereocenters. The Bertz CT molecular complexity index is 683. The number of sulfonamides is 1. The number of benzene rings is 1. The Labute approximate surface area is 148 Å². The van der Waals surface area contributed by atoms with E-state index in [-0.39, 0.29) is 27.5 Å². The van der Waals surface area contributed by atoms with Crippen LogP contribution in [0.15, 0.2) is 23.1 Å². The van der Waals surface area contributed by atoms with Crippen molar-refractivity contribution in [3.8, 4) is 0 Å². The van der Waals surface area contributed by atoms with Gasteiger partial charge in [-0.05, 0) is 31.0 Å². The van der Waals surface area contributed by atoms with Gasteiger partial charge in [0.2, 0.25) is 10.0 Å². The SMILES string of the molecule is CCN(CC)S(=O)(=O)c1cc(C(=O)NC[C@@H]2CCCO2)ccc1Cl. The lowest BCUT2D eigenvalue weighted by atomic mass is 10.2. The molecule has 0 bridgehead atoms. The van der Waals surface area contributed by atoms with Gasteiger partial charge in [-0.15, -0.1) is 0 Å². The summed E-state index contributed by atoms with van der Waals surface area (Å²) in [6.07, 6.45) is 1.94. The normalized spacial score (nSPS) is 18.1. The third-order valence-electron chi connectivity index (χ3n) is 4.03. The number of ether oxygens (including phenoxy) is 1. The lowest BCUT2D eigenvalue weighted by Crippen LogP contribution is -2.33. The molecule has 1 amide bonds. The molecule has 0 radical (unpaired) electrons. The molecule has 8 heteroatoms. The van der Waals surface area contributed by atoms with E-state index >= 15 is 0 Å². The maximum Gasteiger partial charge on any atom is 0.251 e. The van der Waals surface area contributed by atoms with E-state index in [1.165, 1.54) is 22.5 Å². The van der Waals surface area contributed by atoms with Crippen LogP contribution in [0.2, 0.25) is 5.02 Å². The maximum atomic E-state index is 12.6. The van der Waals surface area contributed by atoms with Crippen LogP contribution in [0, 0.1) is 0 Å². The number of rotatable bonds is 7. The van der Waals surface area contributed by atoms with Crippen LogP contribution in [0.5, 0.6) is 0 Å². The van der Waals surface area contributed by atoms with Crippen LogP contribution in [0.4, 0.5) is 0 Å². The van der Waals surface area contributed by atoms with Gasteiger partial charge in [0.05, 0.1) is 11.1 Å². The number of carbonyl (C=O) groups excluding carboxylic acids is 1. The lowest BCUT2D eigenvalue weighted by Gasteiger charge is -2.19. The molecule has 0 saturated carbocycles. The Kier molecular flexibility index (Phi) is 6.62. The molecule has 24 heavy (non-hydrogen) atoms. The molecule has 0 spiro atoms. The molecule has 1 N–H and O–H groups in total. The quantitative estimate of drug-likeness (QED) is 0.794. The zero-order valence-corrected chi connectivity index (χ0v) is 15.5. The summed E-state index contributed by atoms with van der Waals surface area (Å²) < 4.78 is 32.1. The van der Waals surface area contributed by atoms with Crippen molar-refractivity contribution in [1.82, 2.24) is 9.62 Å². The fourth-order valence-electron chi connectivity index (χ4n) is 2.66. The second-order valence-electron chi connectivity index (χ2n) is 5.58. The number of nitrogens with zero attached hydrogens (tertiary/aromatic N) is 1. The Balaban J connectivity index is 2.19. The second kappa shape index (κ2) is 8.29. The number of hydrogen-bond donors (Lipinski definition) is 1. The topological polar surface area (TPSA) is 75.7 Å². The van der Waals surface area contributed by atoms with E-state index in [0.717, 1.165) is 12.8 Å². The van der Waals surface area contributed by atoms with Gasteiger partial charge in [-0.1, -0.05) is 25.4 Å². The van der Waals surface area contributed by atoms with E-state index in [9.17, 15) is 13.2 Å². The number of amides is 1. The highest BCUT2D eigenvalue weighted by Gasteiger charge is 2.26. The summed E-state index contributed by atoms with van der Waals surface area (Å²) >= 11 is 6.07. The smallest absolute Gasteiger partial charge is 0.251 e. The van der Waals surface area contributed by atoms with Gasteiger partial charge in [-0.25, -0.2) is 8.42 Å². The molecule has 1 aliphatic heterocycles. The van der Waals surface area contributed by atoms with Crippen molar-refractivity contribution in [1.29, 1.82) is 0 Å². The highest BCUT2D eigenvalue weighted by atomic mass is 35.5. The number of nitrogens with one attached hydrogen (secondary N) is 1. The average molecular weight is 375 g/mol. The van der Waals surface area contributed by atoms with E-state index in [1.807, 2.05) is 0 Å². The summed E-state index contributed by atoms with van der Waals surface area (Å²) in [6, 6.07) is 4.30. The molecule has 1 fully saturated rings. The van der Waals surface area contributed by atoms with Crippen molar-refractivity contribution < 1.29 is 17.9 Å². The summed E-state index contributed by atoms with van der Waals surface area (Å²) in [6.45, 7) is 5.32. The van der Waals surface area contributed by atoms with Gasteiger partial charge in [0.25, 0.3) is 5.91 Å². The van der Waals surface area contributed by atoms with Crippen molar-refractivity contribution in [2.24, 2.45) is 0 Å². The van der Waals surface area contributed by atoms with Crippen molar-refractivity contribution in [2.45, 2.75) is 37.7 Å². The van der Waals surface area contributed by atoms with Gasteiger partial charge in [0, 0.05) is 31.8 Å². The van der Waals surface area contributed by atoms with Gasteiger partial charge in [-0.3, -0.25) is 4.79 Å². The molecule has 0 aliphatic carbocycles. The Morgan fingerprint density at radius 3 is 2.67 bits per heavy atom. The standard InChI is InChI=1S/C16H23ClN2O4S/c1-3-19(4-2)24(21,22)15-10-12(7-8-14(15)17)16(20)18-11-13-6-5-9-23-13/h7-8,10,13H,3-6,9,11H2,1-2H3,(H,18,20)/t13-/m0/s1. The van der Waals surface area contributed by atoms with Gasteiger partial charge >= 0.3 is 0 Å². The summed E-state index contributed by atoms with van der Waals surface area (Å²) in [4.78, 5) is 12.2. The highest BCUT2D eigenvalue weighted by Crippen LogP contribution is 2.26. The van der Waals surface area contributed by atoms with E-state index in [1.54, 1.807) is 13.8 Å². The number of carbonyl (C=O) groups is 1. The molecule has 134 valence electrons. The number of hydrogen-bond acceptors (Lipinski definition) is 4. The van der Waals surface area contributed by atoms with Crippen LogP contribution in [-0.2, 0) is 14.8 Å². The van der Waals surface area contributed by atoms with E-state index in [0.29, 0.717) is 26.2 Å². The predicted molar refractivity (Wildman–Crippen MR) is 92.9 cm³/mol. The van der Waals surface area contributed by atoms with Crippen molar-refractivity contribution in [3.63, 3.8) is 0 Å². The first-order chi connectivity index (χ1) is 11.4. The molecule has 2 rings (SSSR count). The fourth-order valence-corrected chi connectivity index (χ4v) is 4.62. The van der Waals surface area contributed by atoms with E-state index in [2.05, 4.69) is 5.32 Å². The molecule has 1 atom stereocenters. The Hall–Kier alpha value is -1.15. The first-order valence-electron chi connectivity index (χ1n) is 8.09. The molecule has 1 aromatic rings. The Morgan fingerprint density at radius 1 is 1.38 bits per heavy atom. The van der Waals surface area contributed by atoms with Crippen molar-refractivity contribution in [2.75, 3.05) is 26.2 Å². The molecular formula is C16H23ClN2O4S. The second-order valence-corrected chi connectivity index (χ2v) is 7.89. The summed E-state index contributed by atoms with van der Waals surface area (Å²) in [5, 5.41) is 2.89. The monoisotopic (exact) mass is 374 g/mol. The molecular weight excluding hydrogens is 352 g/mol. The first-order valence-corrected chi connectivity index (χ1v) is 9.91. The summed E-state index contributed by atoms with van der Waals surface area (Å²) in [7, 11) is -3.72. The van der Waals surface area contributed by atoms with Crippen LogP contribution < -0.4 is 5.32 Å². The van der Waals surface area contributed by atoms with Gasteiger partial charge in [-0.2, -0.15) is 4.31 Å². The van der Waals surface area contributed by atoms with Gasteiger partial charge in [0.1, 0.15) is 4.90 Å². The summed E-state index contributed by atoms with van der Waals surface area (Å²) in [5.41, 5.74) is 0.267. The molecule has 1 heterocycles. The lowest BCUT2D eigenvalue weighted by molar-refractivity contribution is 0.0857.